The molecule has 1 heterocycles. The summed E-state index contributed by atoms with van der Waals surface area (Å²) in [5.74, 6) is -0.527. The average molecular weight is 269 g/mol. The van der Waals surface area contributed by atoms with E-state index in [9.17, 15) is 9.59 Å². The number of aliphatic carboxylic acids is 1. The van der Waals surface area contributed by atoms with Gasteiger partial charge in [0.05, 0.1) is 12.2 Å². The number of amides is 1. The molecule has 0 aliphatic rings. The molecule has 7 nitrogen and oxygen atoms in total. The van der Waals surface area contributed by atoms with Gasteiger partial charge in [-0.05, 0) is 18.9 Å². The van der Waals surface area contributed by atoms with Crippen molar-refractivity contribution in [1.29, 1.82) is 0 Å². The monoisotopic (exact) mass is 269 g/mol. The molecule has 0 saturated heterocycles. The Bertz CT molecular complexity index is 428. The summed E-state index contributed by atoms with van der Waals surface area (Å²) in [6, 6.07) is 1.69. The predicted molar refractivity (Wildman–Crippen MR) is 69.0 cm³/mol. The lowest BCUT2D eigenvalue weighted by Gasteiger charge is -2.03. The van der Waals surface area contributed by atoms with Crippen LogP contribution in [0, 0.1) is 0 Å². The van der Waals surface area contributed by atoms with Crippen molar-refractivity contribution in [1.82, 2.24) is 10.5 Å². The van der Waals surface area contributed by atoms with Gasteiger partial charge < -0.3 is 14.9 Å². The first kappa shape index (κ1) is 15.2. The first-order valence-corrected chi connectivity index (χ1v) is 6.18. The van der Waals surface area contributed by atoms with Crippen LogP contribution < -0.4 is 10.6 Å². The third-order valence-corrected chi connectivity index (χ3v) is 2.41. The van der Waals surface area contributed by atoms with Crippen molar-refractivity contribution < 1.29 is 19.2 Å². The number of hydrogen-bond acceptors (Lipinski definition) is 5. The maximum Gasteiger partial charge on any atom is 0.303 e. The van der Waals surface area contributed by atoms with Crippen LogP contribution in [0.1, 0.15) is 38.3 Å². The second-order valence-corrected chi connectivity index (χ2v) is 4.49. The second-order valence-electron chi connectivity index (χ2n) is 4.49. The summed E-state index contributed by atoms with van der Waals surface area (Å²) in [4.78, 5) is 21.8. The molecule has 7 heteroatoms. The average Bonchev–Trinajstić information content (AvgIpc) is 2.76. The Morgan fingerprint density at radius 1 is 1.47 bits per heavy atom. The smallest absolute Gasteiger partial charge is 0.303 e. The molecule has 0 aliphatic heterocycles. The summed E-state index contributed by atoms with van der Waals surface area (Å²) >= 11 is 0. The van der Waals surface area contributed by atoms with Crippen LogP contribution in [0.15, 0.2) is 10.6 Å². The molecule has 1 aromatic rings. The quantitative estimate of drug-likeness (QED) is 0.612. The molecule has 0 radical (unpaired) electrons. The van der Waals surface area contributed by atoms with Gasteiger partial charge in [-0.3, -0.25) is 14.9 Å². The van der Waals surface area contributed by atoms with Crippen LogP contribution in [-0.4, -0.2) is 35.2 Å². The van der Waals surface area contributed by atoms with Gasteiger partial charge in [0, 0.05) is 12.5 Å². The lowest BCUT2D eigenvalue weighted by molar-refractivity contribution is -0.137. The van der Waals surface area contributed by atoms with Crippen molar-refractivity contribution in [3.8, 4) is 0 Å². The van der Waals surface area contributed by atoms with Gasteiger partial charge in [-0.15, -0.1) is 0 Å². The minimum absolute atomic E-state index is 0.0917. The Balaban J connectivity index is 2.21. The van der Waals surface area contributed by atoms with Crippen LogP contribution >= 0.6 is 0 Å². The third kappa shape index (κ3) is 6.01. The van der Waals surface area contributed by atoms with E-state index in [0.717, 1.165) is 5.69 Å². The Morgan fingerprint density at radius 2 is 2.21 bits per heavy atom. The fraction of sp³-hybridized carbons (Fsp3) is 0.583. The SMILES string of the molecule is CC(C)c1cc(NC(=O)CNCCCC(=O)O)on1. The summed E-state index contributed by atoms with van der Waals surface area (Å²) < 4.78 is 4.97. The molecule has 1 rings (SSSR count). The minimum atomic E-state index is -0.839. The van der Waals surface area contributed by atoms with Gasteiger partial charge in [-0.25, -0.2) is 0 Å². The molecular formula is C12H19N3O4. The molecule has 0 unspecified atom stereocenters. The Kier molecular flexibility index (Phi) is 6.01. The van der Waals surface area contributed by atoms with E-state index >= 15 is 0 Å². The van der Waals surface area contributed by atoms with Crippen LogP contribution in [0.25, 0.3) is 0 Å². The van der Waals surface area contributed by atoms with Gasteiger partial charge in [-0.1, -0.05) is 19.0 Å². The lowest BCUT2D eigenvalue weighted by Crippen LogP contribution is -2.28. The summed E-state index contributed by atoms with van der Waals surface area (Å²) in [6.07, 6.45) is 0.580. The van der Waals surface area contributed by atoms with Crippen molar-refractivity contribution in [2.24, 2.45) is 0 Å². The molecule has 0 saturated carbocycles. The van der Waals surface area contributed by atoms with Crippen LogP contribution in [-0.2, 0) is 9.59 Å². The van der Waals surface area contributed by atoms with Crippen molar-refractivity contribution in [2.75, 3.05) is 18.4 Å². The molecule has 1 amide bonds. The van der Waals surface area contributed by atoms with E-state index in [4.69, 9.17) is 9.63 Å². The van der Waals surface area contributed by atoms with Gasteiger partial charge in [-0.2, -0.15) is 0 Å². The van der Waals surface area contributed by atoms with E-state index in [2.05, 4.69) is 15.8 Å². The van der Waals surface area contributed by atoms with Gasteiger partial charge in [0.25, 0.3) is 0 Å². The number of rotatable bonds is 8. The number of aromatic nitrogens is 1. The van der Waals surface area contributed by atoms with Crippen molar-refractivity contribution in [3.05, 3.63) is 11.8 Å². The van der Waals surface area contributed by atoms with Gasteiger partial charge >= 0.3 is 5.97 Å². The molecule has 1 aromatic heterocycles. The van der Waals surface area contributed by atoms with Crippen LogP contribution in [0.2, 0.25) is 0 Å². The summed E-state index contributed by atoms with van der Waals surface area (Å²) in [5.41, 5.74) is 0.782. The molecule has 0 bridgehead atoms. The number of carboxylic acid groups (broad SMARTS) is 1. The van der Waals surface area contributed by atoms with E-state index in [0.29, 0.717) is 18.8 Å². The number of hydrogen-bond donors (Lipinski definition) is 3. The van der Waals surface area contributed by atoms with Gasteiger partial charge in [0.2, 0.25) is 11.8 Å². The highest BCUT2D eigenvalue weighted by Crippen LogP contribution is 2.17. The predicted octanol–water partition coefficient (Wildman–Crippen LogP) is 1.19. The Labute approximate surface area is 111 Å². The maximum atomic E-state index is 11.5. The third-order valence-electron chi connectivity index (χ3n) is 2.41. The highest BCUT2D eigenvalue weighted by atomic mass is 16.5. The number of carbonyl (C=O) groups is 2. The molecule has 0 aliphatic carbocycles. The lowest BCUT2D eigenvalue weighted by atomic mass is 10.1. The maximum absolute atomic E-state index is 11.5. The Hall–Kier alpha value is -1.89. The summed E-state index contributed by atoms with van der Waals surface area (Å²) in [6.45, 7) is 4.55. The van der Waals surface area contributed by atoms with E-state index in [1.54, 1.807) is 6.07 Å². The summed E-state index contributed by atoms with van der Waals surface area (Å²) in [5, 5.41) is 17.7. The molecule has 0 spiro atoms. The van der Waals surface area contributed by atoms with Crippen LogP contribution in [0.3, 0.4) is 0 Å². The zero-order chi connectivity index (χ0) is 14.3. The number of carboxylic acids is 1. The molecule has 106 valence electrons. The molecule has 0 atom stereocenters. The number of nitrogens with zero attached hydrogens (tertiary/aromatic N) is 1. The Morgan fingerprint density at radius 3 is 2.79 bits per heavy atom. The molecule has 0 aromatic carbocycles. The zero-order valence-corrected chi connectivity index (χ0v) is 11.1. The molecule has 0 fully saturated rings. The standard InChI is InChI=1S/C12H19N3O4/c1-8(2)9-6-11(19-15-9)14-10(16)7-13-5-3-4-12(17)18/h6,8,13H,3-5,7H2,1-2H3,(H,14,16)(H,17,18). The van der Waals surface area contributed by atoms with Crippen molar-refractivity contribution >= 4 is 17.8 Å². The van der Waals surface area contributed by atoms with E-state index in [-0.39, 0.29) is 24.8 Å². The zero-order valence-electron chi connectivity index (χ0n) is 11.1. The van der Waals surface area contributed by atoms with Crippen molar-refractivity contribution in [2.45, 2.75) is 32.6 Å². The fourth-order valence-electron chi connectivity index (χ4n) is 1.37. The fourth-order valence-corrected chi connectivity index (χ4v) is 1.37. The topological polar surface area (TPSA) is 104 Å². The largest absolute Gasteiger partial charge is 0.481 e. The van der Waals surface area contributed by atoms with E-state index in [1.807, 2.05) is 13.8 Å². The first-order valence-electron chi connectivity index (χ1n) is 6.18. The minimum Gasteiger partial charge on any atom is -0.481 e. The molecule has 19 heavy (non-hydrogen) atoms. The van der Waals surface area contributed by atoms with Gasteiger partial charge in [0.15, 0.2) is 0 Å². The van der Waals surface area contributed by atoms with E-state index in [1.165, 1.54) is 0 Å². The van der Waals surface area contributed by atoms with Crippen LogP contribution in [0.5, 0.6) is 0 Å². The molecule has 3 N–H and O–H groups in total. The van der Waals surface area contributed by atoms with Crippen molar-refractivity contribution in [3.63, 3.8) is 0 Å². The number of carbonyl (C=O) groups excluding carboxylic acids is 1. The first-order chi connectivity index (χ1) is 8.99. The highest BCUT2D eigenvalue weighted by molar-refractivity contribution is 5.90. The number of nitrogens with one attached hydrogen (secondary N) is 2. The summed E-state index contributed by atoms with van der Waals surface area (Å²) in [7, 11) is 0. The second kappa shape index (κ2) is 7.52. The highest BCUT2D eigenvalue weighted by Gasteiger charge is 2.10. The molecular weight excluding hydrogens is 250 g/mol. The van der Waals surface area contributed by atoms with E-state index < -0.39 is 5.97 Å². The normalized spacial score (nSPS) is 10.7. The van der Waals surface area contributed by atoms with Crippen LogP contribution in [0.4, 0.5) is 5.88 Å². The number of anilines is 1. The van der Waals surface area contributed by atoms with Gasteiger partial charge in [0.1, 0.15) is 0 Å².